The first kappa shape index (κ1) is 29.5. The van der Waals surface area contributed by atoms with Gasteiger partial charge in [0.25, 0.3) is 0 Å². The Morgan fingerprint density at radius 1 is 0.360 bits per heavy atom. The van der Waals surface area contributed by atoms with Crippen LogP contribution in [0, 0.1) is 6.92 Å². The molecule has 0 aliphatic carbocycles. The van der Waals surface area contributed by atoms with Crippen molar-refractivity contribution in [2.75, 3.05) is 0 Å². The summed E-state index contributed by atoms with van der Waals surface area (Å²) in [5.41, 5.74) is 12.5. The number of furan rings is 1. The molecule has 0 saturated heterocycles. The minimum atomic E-state index is 0.589. The molecule has 236 valence electrons. The first-order valence-electron chi connectivity index (χ1n) is 16.8. The van der Waals surface area contributed by atoms with Gasteiger partial charge in [-0.1, -0.05) is 152 Å². The molecule has 0 bridgehead atoms. The maximum atomic E-state index is 6.53. The number of benzene rings is 7. The maximum Gasteiger partial charge on any atom is 0.164 e. The summed E-state index contributed by atoms with van der Waals surface area (Å²) in [6.45, 7) is 2.11. The molecule has 0 N–H and O–H groups in total. The highest BCUT2D eigenvalue weighted by atomic mass is 16.3. The zero-order chi connectivity index (χ0) is 33.4. The highest BCUT2D eigenvalue weighted by Crippen LogP contribution is 2.39. The Morgan fingerprint density at radius 2 is 0.780 bits per heavy atom. The van der Waals surface area contributed by atoms with Gasteiger partial charge in [0, 0.05) is 27.5 Å². The van der Waals surface area contributed by atoms with Gasteiger partial charge in [-0.25, -0.2) is 15.0 Å². The van der Waals surface area contributed by atoms with Crippen LogP contribution in [0.2, 0.25) is 0 Å². The fraction of sp³-hybridized carbons (Fsp3) is 0.0217. The van der Waals surface area contributed by atoms with E-state index in [1.165, 1.54) is 11.1 Å². The first-order valence-corrected chi connectivity index (χ1v) is 16.8. The average Bonchev–Trinajstić information content (AvgIpc) is 3.56. The molecule has 4 heteroatoms. The number of rotatable bonds is 6. The zero-order valence-electron chi connectivity index (χ0n) is 27.4. The molecule has 0 amide bonds. The normalized spacial score (nSPS) is 11.3. The van der Waals surface area contributed by atoms with Crippen molar-refractivity contribution < 1.29 is 4.42 Å². The molecule has 0 atom stereocenters. The predicted molar refractivity (Wildman–Crippen MR) is 204 cm³/mol. The minimum Gasteiger partial charge on any atom is -0.456 e. The van der Waals surface area contributed by atoms with E-state index in [0.29, 0.717) is 17.5 Å². The van der Waals surface area contributed by atoms with Crippen molar-refractivity contribution in [1.29, 1.82) is 0 Å². The molecule has 0 unspecified atom stereocenters. The van der Waals surface area contributed by atoms with Gasteiger partial charge in [-0.2, -0.15) is 0 Å². The topological polar surface area (TPSA) is 51.8 Å². The van der Waals surface area contributed by atoms with Gasteiger partial charge in [-0.15, -0.1) is 0 Å². The first-order chi connectivity index (χ1) is 24.7. The van der Waals surface area contributed by atoms with Crippen molar-refractivity contribution in [3.05, 3.63) is 175 Å². The van der Waals surface area contributed by atoms with Gasteiger partial charge >= 0.3 is 0 Å². The van der Waals surface area contributed by atoms with Crippen LogP contribution in [0.15, 0.2) is 174 Å². The van der Waals surface area contributed by atoms with E-state index >= 15 is 0 Å². The highest BCUT2D eigenvalue weighted by Gasteiger charge is 2.17. The third-order valence-electron chi connectivity index (χ3n) is 9.20. The molecule has 0 aliphatic rings. The number of nitrogens with zero attached hydrogens (tertiary/aromatic N) is 3. The van der Waals surface area contributed by atoms with Crippen LogP contribution in [0.5, 0.6) is 0 Å². The minimum absolute atomic E-state index is 0.589. The summed E-state index contributed by atoms with van der Waals surface area (Å²) < 4.78 is 6.53. The average molecular weight is 642 g/mol. The molecule has 0 fully saturated rings. The summed E-state index contributed by atoms with van der Waals surface area (Å²) in [5, 5.41) is 2.17. The van der Waals surface area contributed by atoms with Crippen LogP contribution in [0.1, 0.15) is 5.56 Å². The van der Waals surface area contributed by atoms with Crippen molar-refractivity contribution in [2.45, 2.75) is 6.92 Å². The SMILES string of the molecule is Cc1cc(-c2ccccc2)c2c(c1)oc1cc(-c3nc(-c4ccc(-c5ccccc5)cc4)nc(-c4ccc(-c5ccccc5)cc4)n3)ccc12. The van der Waals surface area contributed by atoms with E-state index in [2.05, 4.69) is 159 Å². The summed E-state index contributed by atoms with van der Waals surface area (Å²) in [5.74, 6) is 1.82. The Kier molecular flexibility index (Phi) is 7.33. The van der Waals surface area contributed by atoms with Crippen LogP contribution >= 0.6 is 0 Å². The molecule has 2 aromatic heterocycles. The van der Waals surface area contributed by atoms with Crippen LogP contribution in [0.25, 0.3) is 89.5 Å². The second-order valence-corrected chi connectivity index (χ2v) is 12.6. The number of hydrogen-bond donors (Lipinski definition) is 0. The van der Waals surface area contributed by atoms with Crippen molar-refractivity contribution in [2.24, 2.45) is 0 Å². The molecule has 0 radical (unpaired) electrons. The quantitative estimate of drug-likeness (QED) is 0.181. The number of fused-ring (bicyclic) bond motifs is 3. The molecule has 0 saturated carbocycles. The molecule has 9 rings (SSSR count). The lowest BCUT2D eigenvalue weighted by molar-refractivity contribution is 0.668. The second-order valence-electron chi connectivity index (χ2n) is 12.6. The molecule has 4 nitrogen and oxygen atoms in total. The van der Waals surface area contributed by atoms with Crippen molar-refractivity contribution in [3.63, 3.8) is 0 Å². The maximum absolute atomic E-state index is 6.53. The monoisotopic (exact) mass is 641 g/mol. The van der Waals surface area contributed by atoms with Crippen LogP contribution in [-0.2, 0) is 0 Å². The lowest BCUT2D eigenvalue weighted by Crippen LogP contribution is -2.00. The Hall–Kier alpha value is -6.65. The van der Waals surface area contributed by atoms with Gasteiger partial charge in [-0.05, 0) is 64.1 Å². The Balaban J connectivity index is 1.17. The Bertz CT molecular complexity index is 2510. The fourth-order valence-corrected chi connectivity index (χ4v) is 6.68. The summed E-state index contributed by atoms with van der Waals surface area (Å²) in [7, 11) is 0. The van der Waals surface area contributed by atoms with Crippen LogP contribution in [-0.4, -0.2) is 15.0 Å². The number of aryl methyl sites for hydroxylation is 1. The summed E-state index contributed by atoms with van der Waals surface area (Å²) in [6.07, 6.45) is 0. The smallest absolute Gasteiger partial charge is 0.164 e. The third-order valence-corrected chi connectivity index (χ3v) is 9.20. The van der Waals surface area contributed by atoms with Gasteiger partial charge in [0.05, 0.1) is 0 Å². The van der Waals surface area contributed by atoms with E-state index in [1.54, 1.807) is 0 Å². The zero-order valence-corrected chi connectivity index (χ0v) is 27.4. The van der Waals surface area contributed by atoms with E-state index in [1.807, 2.05) is 18.2 Å². The molecule has 50 heavy (non-hydrogen) atoms. The Labute approximate surface area is 290 Å². The molecule has 0 aliphatic heterocycles. The van der Waals surface area contributed by atoms with Crippen molar-refractivity contribution in [1.82, 2.24) is 15.0 Å². The number of aromatic nitrogens is 3. The van der Waals surface area contributed by atoms with E-state index in [9.17, 15) is 0 Å². The second kappa shape index (κ2) is 12.4. The van der Waals surface area contributed by atoms with Crippen molar-refractivity contribution in [3.8, 4) is 67.5 Å². The Morgan fingerprint density at radius 3 is 1.30 bits per heavy atom. The van der Waals surface area contributed by atoms with Gasteiger partial charge < -0.3 is 4.42 Å². The summed E-state index contributed by atoms with van der Waals surface area (Å²) in [6, 6.07) is 58.7. The summed E-state index contributed by atoms with van der Waals surface area (Å²) >= 11 is 0. The summed E-state index contributed by atoms with van der Waals surface area (Å²) in [4.78, 5) is 15.1. The molecule has 0 spiro atoms. The largest absolute Gasteiger partial charge is 0.456 e. The third kappa shape index (κ3) is 5.53. The fourth-order valence-electron chi connectivity index (χ4n) is 6.68. The standard InChI is InChI=1S/C46H31N3O/c1-30-27-40(35-15-9-4-10-16-35)43-39-26-25-38(29-41(39)50-42(43)28-30)46-48-44(36-21-17-33(18-22-36)31-11-5-2-6-12-31)47-45(49-46)37-23-19-34(20-24-37)32-13-7-3-8-14-32/h2-29H,1H3. The molecular weight excluding hydrogens is 611 g/mol. The van der Waals surface area contributed by atoms with Crippen molar-refractivity contribution >= 4 is 21.9 Å². The van der Waals surface area contributed by atoms with Gasteiger partial charge in [0.15, 0.2) is 17.5 Å². The van der Waals surface area contributed by atoms with Crippen LogP contribution in [0.3, 0.4) is 0 Å². The molecular formula is C46H31N3O. The van der Waals surface area contributed by atoms with Gasteiger partial charge in [0.1, 0.15) is 11.2 Å². The van der Waals surface area contributed by atoms with Gasteiger partial charge in [-0.3, -0.25) is 0 Å². The predicted octanol–water partition coefficient (Wildman–Crippen LogP) is 12.1. The van der Waals surface area contributed by atoms with E-state index in [0.717, 1.165) is 66.4 Å². The van der Waals surface area contributed by atoms with Crippen LogP contribution < -0.4 is 0 Å². The lowest BCUT2D eigenvalue weighted by Gasteiger charge is -2.10. The molecule has 2 heterocycles. The van der Waals surface area contributed by atoms with Crippen LogP contribution in [0.4, 0.5) is 0 Å². The lowest BCUT2D eigenvalue weighted by atomic mass is 9.97. The van der Waals surface area contributed by atoms with E-state index < -0.39 is 0 Å². The molecule has 9 aromatic rings. The van der Waals surface area contributed by atoms with Gasteiger partial charge in [0.2, 0.25) is 0 Å². The number of hydrogen-bond acceptors (Lipinski definition) is 4. The van der Waals surface area contributed by atoms with E-state index in [4.69, 9.17) is 19.4 Å². The molecule has 7 aromatic carbocycles. The highest BCUT2D eigenvalue weighted by molar-refractivity contribution is 6.13. The van der Waals surface area contributed by atoms with E-state index in [-0.39, 0.29) is 0 Å².